The summed E-state index contributed by atoms with van der Waals surface area (Å²) >= 11 is 4.96. The van der Waals surface area contributed by atoms with Crippen molar-refractivity contribution in [2.75, 3.05) is 6.54 Å². The molecule has 1 aliphatic rings. The Morgan fingerprint density at radius 2 is 1.93 bits per heavy atom. The van der Waals surface area contributed by atoms with Crippen LogP contribution in [0.4, 0.5) is 5.69 Å². The maximum Gasteiger partial charge on any atom is 0.266 e. The van der Waals surface area contributed by atoms with Crippen molar-refractivity contribution in [1.29, 1.82) is 0 Å². The van der Waals surface area contributed by atoms with Crippen molar-refractivity contribution >= 4 is 50.5 Å². The van der Waals surface area contributed by atoms with Crippen LogP contribution in [0.15, 0.2) is 79.5 Å². The molecule has 1 amide bonds. The van der Waals surface area contributed by atoms with E-state index < -0.39 is 0 Å². The molecule has 4 nitrogen and oxygen atoms in total. The summed E-state index contributed by atoms with van der Waals surface area (Å²) in [5.74, 6) is 1.34. The first kappa shape index (κ1) is 19.7. The molecule has 1 saturated heterocycles. The molecule has 0 atom stereocenters. The van der Waals surface area contributed by atoms with Gasteiger partial charge in [-0.05, 0) is 67.6 Å². The Bertz CT molecular complexity index is 1120. The number of carbonyl (C=O) groups excluding carboxylic acids is 1. The number of nitrogens with zero attached hydrogens (tertiary/aromatic N) is 2. The van der Waals surface area contributed by atoms with Crippen molar-refractivity contribution in [3.05, 3.63) is 81.4 Å². The van der Waals surface area contributed by atoms with Crippen molar-refractivity contribution in [2.45, 2.75) is 13.8 Å². The Morgan fingerprint density at radius 1 is 1.14 bits per heavy atom. The number of para-hydroxylation sites is 1. The van der Waals surface area contributed by atoms with Gasteiger partial charge in [-0.15, -0.1) is 0 Å². The maximum absolute atomic E-state index is 12.8. The minimum atomic E-state index is -0.0540. The first-order valence-corrected chi connectivity index (χ1v) is 10.9. The lowest BCUT2D eigenvalue weighted by atomic mass is 10.1. The van der Waals surface area contributed by atoms with Gasteiger partial charge in [-0.3, -0.25) is 9.69 Å². The van der Waals surface area contributed by atoms with E-state index in [0.717, 1.165) is 21.5 Å². The molecule has 2 heterocycles. The number of halogens is 1. The second-order valence-electron chi connectivity index (χ2n) is 6.58. The lowest BCUT2D eigenvalue weighted by Gasteiger charge is -2.11. The molecule has 0 bridgehead atoms. The highest BCUT2D eigenvalue weighted by molar-refractivity contribution is 9.10. The van der Waals surface area contributed by atoms with Crippen molar-refractivity contribution in [3.63, 3.8) is 0 Å². The van der Waals surface area contributed by atoms with Gasteiger partial charge in [0.1, 0.15) is 11.5 Å². The van der Waals surface area contributed by atoms with Gasteiger partial charge in [0.15, 0.2) is 5.17 Å². The van der Waals surface area contributed by atoms with E-state index in [1.165, 1.54) is 17.3 Å². The summed E-state index contributed by atoms with van der Waals surface area (Å²) in [4.78, 5) is 19.7. The third-order valence-electron chi connectivity index (χ3n) is 4.48. The van der Waals surface area contributed by atoms with Crippen molar-refractivity contribution in [2.24, 2.45) is 4.99 Å². The van der Waals surface area contributed by atoms with E-state index in [9.17, 15) is 4.79 Å². The second kappa shape index (κ2) is 8.43. The Balaban J connectivity index is 1.62. The van der Waals surface area contributed by atoms with Crippen molar-refractivity contribution in [1.82, 2.24) is 4.90 Å². The van der Waals surface area contributed by atoms with E-state index in [-0.39, 0.29) is 5.91 Å². The summed E-state index contributed by atoms with van der Waals surface area (Å²) in [5.41, 5.74) is 2.98. The van der Waals surface area contributed by atoms with E-state index in [1.54, 1.807) is 11.0 Å². The minimum Gasteiger partial charge on any atom is -0.457 e. The zero-order chi connectivity index (χ0) is 20.4. The number of thioether (sulfide) groups is 1. The van der Waals surface area contributed by atoms with Crippen LogP contribution in [0, 0.1) is 6.92 Å². The number of amidine groups is 1. The summed E-state index contributed by atoms with van der Waals surface area (Å²) in [6.07, 6.45) is 1.79. The van der Waals surface area contributed by atoms with Crippen molar-refractivity contribution < 1.29 is 9.21 Å². The number of furan rings is 1. The number of aryl methyl sites for hydroxylation is 1. The molecular formula is C23H19BrN2O2S. The van der Waals surface area contributed by atoms with Gasteiger partial charge >= 0.3 is 0 Å². The van der Waals surface area contributed by atoms with Crippen LogP contribution in [-0.2, 0) is 4.79 Å². The van der Waals surface area contributed by atoms with Crippen LogP contribution in [0.2, 0.25) is 0 Å². The summed E-state index contributed by atoms with van der Waals surface area (Å²) in [5, 5.41) is 0.683. The second-order valence-corrected chi connectivity index (χ2v) is 8.44. The monoisotopic (exact) mass is 466 g/mol. The molecular weight excluding hydrogens is 448 g/mol. The smallest absolute Gasteiger partial charge is 0.266 e. The molecule has 1 fully saturated rings. The molecule has 0 saturated carbocycles. The first-order chi connectivity index (χ1) is 14.0. The van der Waals surface area contributed by atoms with Crippen molar-refractivity contribution in [3.8, 4) is 11.3 Å². The van der Waals surface area contributed by atoms with Gasteiger partial charge in [0.2, 0.25) is 0 Å². The highest BCUT2D eigenvalue weighted by atomic mass is 79.9. The number of carbonyl (C=O) groups is 1. The van der Waals surface area contributed by atoms with Gasteiger partial charge in [-0.25, -0.2) is 4.99 Å². The molecule has 2 aromatic carbocycles. The Hall–Kier alpha value is -2.57. The summed E-state index contributed by atoms with van der Waals surface area (Å²) in [6.45, 7) is 4.56. The largest absolute Gasteiger partial charge is 0.457 e. The molecule has 0 unspecified atom stereocenters. The molecule has 6 heteroatoms. The first-order valence-electron chi connectivity index (χ1n) is 9.26. The van der Waals surface area contributed by atoms with E-state index in [1.807, 2.05) is 68.4 Å². The van der Waals surface area contributed by atoms with E-state index in [2.05, 4.69) is 27.0 Å². The lowest BCUT2D eigenvalue weighted by Crippen LogP contribution is -2.28. The summed E-state index contributed by atoms with van der Waals surface area (Å²) in [6, 6.07) is 19.6. The molecule has 1 aromatic heterocycles. The van der Waals surface area contributed by atoms with E-state index >= 15 is 0 Å². The summed E-state index contributed by atoms with van der Waals surface area (Å²) < 4.78 is 6.97. The zero-order valence-corrected chi connectivity index (χ0v) is 18.5. The Labute approximate surface area is 182 Å². The highest BCUT2D eigenvalue weighted by Gasteiger charge is 2.32. The predicted octanol–water partition coefficient (Wildman–Crippen LogP) is 6.64. The molecule has 146 valence electrons. The third kappa shape index (κ3) is 4.23. The van der Waals surface area contributed by atoms with E-state index in [0.29, 0.717) is 22.4 Å². The molecule has 4 rings (SSSR count). The van der Waals surface area contributed by atoms with Crippen LogP contribution in [0.3, 0.4) is 0 Å². The van der Waals surface area contributed by atoms with E-state index in [4.69, 9.17) is 4.42 Å². The molecule has 0 N–H and O–H groups in total. The maximum atomic E-state index is 12.8. The normalized spacial score (nSPS) is 16.9. The molecule has 0 aliphatic carbocycles. The van der Waals surface area contributed by atoms with Gasteiger partial charge in [0.05, 0.1) is 10.6 Å². The van der Waals surface area contributed by atoms with Crippen LogP contribution < -0.4 is 0 Å². The average molecular weight is 467 g/mol. The van der Waals surface area contributed by atoms with Gasteiger partial charge in [0, 0.05) is 22.7 Å². The van der Waals surface area contributed by atoms with Gasteiger partial charge in [-0.2, -0.15) is 0 Å². The number of benzene rings is 2. The van der Waals surface area contributed by atoms with Gasteiger partial charge in [0.25, 0.3) is 5.91 Å². The quantitative estimate of drug-likeness (QED) is 0.404. The topological polar surface area (TPSA) is 45.8 Å². The Morgan fingerprint density at radius 3 is 2.66 bits per heavy atom. The molecule has 1 aliphatic heterocycles. The summed E-state index contributed by atoms with van der Waals surface area (Å²) in [7, 11) is 0. The van der Waals surface area contributed by atoms with Crippen LogP contribution in [0.25, 0.3) is 17.4 Å². The predicted molar refractivity (Wildman–Crippen MR) is 123 cm³/mol. The SMILES string of the molecule is CCN1C(=O)/C(=C\c2ccc(-c3ccc(C)cc3Br)o2)SC1=Nc1ccccc1. The molecule has 0 spiro atoms. The number of likely N-dealkylation sites (N-methyl/N-ethyl adjacent to an activating group) is 1. The molecule has 3 aromatic rings. The van der Waals surface area contributed by atoms with Crippen LogP contribution in [0.5, 0.6) is 0 Å². The lowest BCUT2D eigenvalue weighted by molar-refractivity contribution is -0.122. The zero-order valence-electron chi connectivity index (χ0n) is 16.1. The highest BCUT2D eigenvalue weighted by Crippen LogP contribution is 2.36. The minimum absolute atomic E-state index is 0.0540. The third-order valence-corrected chi connectivity index (χ3v) is 6.14. The average Bonchev–Trinajstić information content (AvgIpc) is 3.27. The molecule has 29 heavy (non-hydrogen) atoms. The van der Waals surface area contributed by atoms with Crippen LogP contribution in [-0.4, -0.2) is 22.5 Å². The number of rotatable bonds is 4. The van der Waals surface area contributed by atoms with Gasteiger partial charge in [-0.1, -0.05) is 40.2 Å². The molecule has 0 radical (unpaired) electrons. The fourth-order valence-electron chi connectivity index (χ4n) is 3.01. The standard InChI is InChI=1S/C23H19BrN2O2S/c1-3-26-22(27)21(29-23(26)25-16-7-5-4-6-8-16)14-17-10-12-20(28-17)18-11-9-15(2)13-19(18)24/h4-14H,3H2,1-2H3/b21-14+,25-23?. The Kier molecular flexibility index (Phi) is 5.74. The number of hydrogen-bond donors (Lipinski definition) is 0. The number of amides is 1. The van der Waals surface area contributed by atoms with Crippen LogP contribution >= 0.6 is 27.7 Å². The fourth-order valence-corrected chi connectivity index (χ4v) is 4.74. The number of aliphatic imine (C=N–C) groups is 1. The van der Waals surface area contributed by atoms with Crippen LogP contribution in [0.1, 0.15) is 18.2 Å². The van der Waals surface area contributed by atoms with Gasteiger partial charge < -0.3 is 4.42 Å². The fraction of sp³-hybridized carbons (Fsp3) is 0.130. The number of hydrogen-bond acceptors (Lipinski definition) is 4.